The lowest BCUT2D eigenvalue weighted by Gasteiger charge is -2.30. The average molecular weight is 225 g/mol. The zero-order chi connectivity index (χ0) is 12.0. The van der Waals surface area contributed by atoms with Gasteiger partial charge in [0.2, 0.25) is 0 Å². The molecule has 0 saturated heterocycles. The number of aryl methyl sites for hydroxylation is 1. The lowest BCUT2D eigenvalue weighted by molar-refractivity contribution is 0.132. The highest BCUT2D eigenvalue weighted by Gasteiger charge is 2.26. The molecule has 0 aliphatic heterocycles. The molecule has 5 nitrogen and oxygen atoms in total. The molecule has 0 spiro atoms. The predicted molar refractivity (Wildman–Crippen MR) is 62.2 cm³/mol. The van der Waals surface area contributed by atoms with Crippen molar-refractivity contribution in [2.75, 3.05) is 18.5 Å². The number of aliphatic hydroxyl groups is 2. The smallest absolute Gasteiger partial charge is 0.130 e. The molecule has 1 rings (SSSR count). The third-order valence-corrected chi connectivity index (χ3v) is 2.76. The predicted octanol–water partition coefficient (Wildman–Crippen LogP) is 0.584. The van der Waals surface area contributed by atoms with E-state index in [1.54, 1.807) is 0 Å². The third kappa shape index (κ3) is 2.90. The van der Waals surface area contributed by atoms with Gasteiger partial charge in [0.1, 0.15) is 12.1 Å². The van der Waals surface area contributed by atoms with Crippen LogP contribution in [0.3, 0.4) is 0 Å². The van der Waals surface area contributed by atoms with Crippen LogP contribution in [0.25, 0.3) is 0 Å². The molecule has 1 heterocycles. The number of anilines is 1. The average Bonchev–Trinajstić information content (AvgIpc) is 2.36. The second-order valence-electron chi connectivity index (χ2n) is 3.82. The summed E-state index contributed by atoms with van der Waals surface area (Å²) in [5.41, 5.74) is 0.220. The largest absolute Gasteiger partial charge is 0.394 e. The summed E-state index contributed by atoms with van der Waals surface area (Å²) >= 11 is 0. The number of hydrogen-bond acceptors (Lipinski definition) is 5. The molecule has 0 radical (unpaired) electrons. The molecule has 5 heteroatoms. The molecule has 3 N–H and O–H groups in total. The van der Waals surface area contributed by atoms with Crippen LogP contribution in [0.2, 0.25) is 0 Å². The van der Waals surface area contributed by atoms with E-state index in [4.69, 9.17) is 0 Å². The molecule has 1 aromatic heterocycles. The minimum Gasteiger partial charge on any atom is -0.394 e. The Balaban J connectivity index is 2.84. The standard InChI is InChI=1S/C11H19N3O2/c1-3-9-5-10(13-8-12-9)14-11(4-2,6-15)7-16/h5,8,15-16H,3-4,6-7H2,1-2H3,(H,12,13,14). The Morgan fingerprint density at radius 3 is 2.44 bits per heavy atom. The summed E-state index contributed by atoms with van der Waals surface area (Å²) in [6.45, 7) is 3.65. The molecule has 0 fully saturated rings. The van der Waals surface area contributed by atoms with Crippen molar-refractivity contribution in [1.82, 2.24) is 9.97 Å². The van der Waals surface area contributed by atoms with E-state index in [9.17, 15) is 10.2 Å². The van der Waals surface area contributed by atoms with Gasteiger partial charge >= 0.3 is 0 Å². The van der Waals surface area contributed by atoms with Crippen molar-refractivity contribution < 1.29 is 10.2 Å². The van der Waals surface area contributed by atoms with E-state index >= 15 is 0 Å². The van der Waals surface area contributed by atoms with Gasteiger partial charge in [-0.15, -0.1) is 0 Å². The van der Waals surface area contributed by atoms with Crippen LogP contribution in [-0.4, -0.2) is 38.9 Å². The number of nitrogens with zero attached hydrogens (tertiary/aromatic N) is 2. The zero-order valence-corrected chi connectivity index (χ0v) is 9.77. The second kappa shape index (κ2) is 5.77. The van der Waals surface area contributed by atoms with Crippen molar-refractivity contribution in [2.45, 2.75) is 32.2 Å². The van der Waals surface area contributed by atoms with E-state index in [0.29, 0.717) is 12.2 Å². The van der Waals surface area contributed by atoms with Crippen LogP contribution in [0.4, 0.5) is 5.82 Å². The van der Waals surface area contributed by atoms with Crippen molar-refractivity contribution in [3.05, 3.63) is 18.1 Å². The van der Waals surface area contributed by atoms with Crippen molar-refractivity contribution in [3.8, 4) is 0 Å². The highest BCUT2D eigenvalue weighted by molar-refractivity contribution is 5.38. The molecule has 16 heavy (non-hydrogen) atoms. The van der Waals surface area contributed by atoms with Crippen LogP contribution in [0.1, 0.15) is 26.0 Å². The van der Waals surface area contributed by atoms with Gasteiger partial charge in [-0.25, -0.2) is 9.97 Å². The fraction of sp³-hybridized carbons (Fsp3) is 0.636. The van der Waals surface area contributed by atoms with Crippen molar-refractivity contribution in [2.24, 2.45) is 0 Å². The Morgan fingerprint density at radius 2 is 1.94 bits per heavy atom. The summed E-state index contributed by atoms with van der Waals surface area (Å²) in [5.74, 6) is 0.636. The third-order valence-electron chi connectivity index (χ3n) is 2.76. The van der Waals surface area contributed by atoms with Crippen molar-refractivity contribution in [1.29, 1.82) is 0 Å². The molecule has 0 amide bonds. The summed E-state index contributed by atoms with van der Waals surface area (Å²) in [5, 5.41) is 21.7. The summed E-state index contributed by atoms with van der Waals surface area (Å²) in [7, 11) is 0. The zero-order valence-electron chi connectivity index (χ0n) is 9.77. The summed E-state index contributed by atoms with van der Waals surface area (Å²) < 4.78 is 0. The fourth-order valence-corrected chi connectivity index (χ4v) is 1.37. The van der Waals surface area contributed by atoms with Crippen LogP contribution in [0, 0.1) is 0 Å². The van der Waals surface area contributed by atoms with Gasteiger partial charge in [-0.2, -0.15) is 0 Å². The van der Waals surface area contributed by atoms with Gasteiger partial charge < -0.3 is 15.5 Å². The summed E-state index contributed by atoms with van der Waals surface area (Å²) in [6, 6.07) is 1.83. The van der Waals surface area contributed by atoms with E-state index < -0.39 is 5.54 Å². The summed E-state index contributed by atoms with van der Waals surface area (Å²) in [4.78, 5) is 8.16. The first kappa shape index (κ1) is 12.9. The SMILES string of the molecule is CCc1cc(NC(CC)(CO)CO)ncn1. The topological polar surface area (TPSA) is 78.3 Å². The Kier molecular flexibility index (Phi) is 4.64. The molecule has 0 bridgehead atoms. The number of aromatic nitrogens is 2. The number of nitrogens with one attached hydrogen (secondary N) is 1. The van der Waals surface area contributed by atoms with E-state index in [2.05, 4.69) is 15.3 Å². The lowest BCUT2D eigenvalue weighted by Crippen LogP contribution is -2.45. The molecule has 0 aliphatic carbocycles. The van der Waals surface area contributed by atoms with E-state index in [1.807, 2.05) is 19.9 Å². The fourth-order valence-electron chi connectivity index (χ4n) is 1.37. The maximum absolute atomic E-state index is 9.30. The maximum atomic E-state index is 9.30. The van der Waals surface area contributed by atoms with E-state index in [1.165, 1.54) is 6.33 Å². The van der Waals surface area contributed by atoms with Crippen LogP contribution in [0.5, 0.6) is 0 Å². The first-order valence-corrected chi connectivity index (χ1v) is 5.50. The van der Waals surface area contributed by atoms with Crippen LogP contribution in [-0.2, 0) is 6.42 Å². The minimum atomic E-state index is -0.709. The Bertz CT molecular complexity index is 318. The molecule has 0 unspecified atom stereocenters. The molecule has 0 atom stereocenters. The van der Waals surface area contributed by atoms with Gasteiger partial charge in [0.15, 0.2) is 0 Å². The number of hydrogen-bond donors (Lipinski definition) is 3. The molecular weight excluding hydrogens is 206 g/mol. The lowest BCUT2D eigenvalue weighted by atomic mass is 9.98. The Labute approximate surface area is 95.6 Å². The van der Waals surface area contributed by atoms with Gasteiger partial charge in [-0.1, -0.05) is 13.8 Å². The highest BCUT2D eigenvalue weighted by Crippen LogP contribution is 2.16. The van der Waals surface area contributed by atoms with Crippen LogP contribution < -0.4 is 5.32 Å². The van der Waals surface area contributed by atoms with E-state index in [0.717, 1.165) is 12.1 Å². The van der Waals surface area contributed by atoms with Crippen molar-refractivity contribution >= 4 is 5.82 Å². The van der Waals surface area contributed by atoms with Gasteiger partial charge in [0.25, 0.3) is 0 Å². The minimum absolute atomic E-state index is 0.133. The monoisotopic (exact) mass is 225 g/mol. The molecule has 1 aromatic rings. The summed E-state index contributed by atoms with van der Waals surface area (Å²) in [6.07, 6.45) is 2.93. The van der Waals surface area contributed by atoms with Gasteiger partial charge in [-0.05, 0) is 12.8 Å². The van der Waals surface area contributed by atoms with Crippen molar-refractivity contribution in [3.63, 3.8) is 0 Å². The van der Waals surface area contributed by atoms with Gasteiger partial charge in [-0.3, -0.25) is 0 Å². The molecule has 0 saturated carbocycles. The molecule has 0 aromatic carbocycles. The normalized spacial score (nSPS) is 11.5. The van der Waals surface area contributed by atoms with E-state index in [-0.39, 0.29) is 13.2 Å². The van der Waals surface area contributed by atoms with Gasteiger partial charge in [0.05, 0.1) is 18.8 Å². The maximum Gasteiger partial charge on any atom is 0.130 e. The first-order valence-electron chi connectivity index (χ1n) is 5.50. The molecular formula is C11H19N3O2. The second-order valence-corrected chi connectivity index (χ2v) is 3.82. The van der Waals surface area contributed by atoms with Gasteiger partial charge in [0, 0.05) is 11.8 Å². The number of aliphatic hydroxyl groups excluding tert-OH is 2. The number of rotatable bonds is 6. The Morgan fingerprint density at radius 1 is 1.25 bits per heavy atom. The molecule has 90 valence electrons. The Hall–Kier alpha value is -1.20. The quantitative estimate of drug-likeness (QED) is 0.660. The highest BCUT2D eigenvalue weighted by atomic mass is 16.3. The van der Waals surface area contributed by atoms with Crippen LogP contribution in [0.15, 0.2) is 12.4 Å². The van der Waals surface area contributed by atoms with Crippen LogP contribution >= 0.6 is 0 Å². The first-order chi connectivity index (χ1) is 7.69. The molecule has 0 aliphatic rings.